The summed E-state index contributed by atoms with van der Waals surface area (Å²) in [5, 5.41) is 16.6. The van der Waals surface area contributed by atoms with Crippen molar-refractivity contribution in [3.63, 3.8) is 0 Å². The molecule has 6 heteroatoms. The number of benzene rings is 1. The fourth-order valence-electron chi connectivity index (χ4n) is 2.08. The van der Waals surface area contributed by atoms with Gasteiger partial charge in [0, 0.05) is 32.4 Å². The summed E-state index contributed by atoms with van der Waals surface area (Å²) in [6.07, 6.45) is 1.90. The Morgan fingerprint density at radius 1 is 1.41 bits per heavy atom. The molecule has 2 amide bonds. The quantitative estimate of drug-likeness (QED) is 0.890. The van der Waals surface area contributed by atoms with Crippen molar-refractivity contribution >= 4 is 11.7 Å². The van der Waals surface area contributed by atoms with Gasteiger partial charge in [-0.15, -0.1) is 0 Å². The Morgan fingerprint density at radius 3 is 2.73 bits per heavy atom. The number of aryl methyl sites for hydroxylation is 1. The summed E-state index contributed by atoms with van der Waals surface area (Å²) in [6.45, 7) is 2.20. The van der Waals surface area contributed by atoms with Gasteiger partial charge in [-0.05, 0) is 13.3 Å². The number of urea groups is 1. The van der Waals surface area contributed by atoms with Gasteiger partial charge < -0.3 is 15.3 Å². The van der Waals surface area contributed by atoms with Crippen LogP contribution >= 0.6 is 0 Å². The van der Waals surface area contributed by atoms with Crippen LogP contribution < -0.4 is 5.32 Å². The molecule has 0 saturated heterocycles. The van der Waals surface area contributed by atoms with E-state index in [-0.39, 0.29) is 6.03 Å². The second kappa shape index (κ2) is 7.09. The Kier molecular flexibility index (Phi) is 5.16. The highest BCUT2D eigenvalue weighted by Crippen LogP contribution is 2.26. The normalized spacial score (nSPS) is 12.0. The first kappa shape index (κ1) is 16.0. The second-order valence-electron chi connectivity index (χ2n) is 5.42. The lowest BCUT2D eigenvalue weighted by atomic mass is 10.1. The molecular formula is C16H22N4O2. The van der Waals surface area contributed by atoms with Crippen LogP contribution in [-0.4, -0.2) is 45.5 Å². The molecule has 1 aromatic heterocycles. The van der Waals surface area contributed by atoms with Gasteiger partial charge in [0.1, 0.15) is 5.69 Å². The maximum Gasteiger partial charge on any atom is 0.321 e. The van der Waals surface area contributed by atoms with E-state index in [0.29, 0.717) is 18.7 Å². The van der Waals surface area contributed by atoms with Crippen LogP contribution in [0.1, 0.15) is 13.3 Å². The van der Waals surface area contributed by atoms with Crippen LogP contribution in [0.5, 0.6) is 0 Å². The smallest absolute Gasteiger partial charge is 0.321 e. The summed E-state index contributed by atoms with van der Waals surface area (Å²) in [4.78, 5) is 13.8. The first-order valence-corrected chi connectivity index (χ1v) is 7.26. The second-order valence-corrected chi connectivity index (χ2v) is 5.42. The van der Waals surface area contributed by atoms with E-state index in [9.17, 15) is 9.90 Å². The molecule has 0 spiro atoms. The number of rotatable bonds is 5. The van der Waals surface area contributed by atoms with Crippen LogP contribution in [0.2, 0.25) is 0 Å². The zero-order chi connectivity index (χ0) is 16.1. The van der Waals surface area contributed by atoms with Gasteiger partial charge in [0.2, 0.25) is 0 Å². The third-order valence-corrected chi connectivity index (χ3v) is 3.35. The number of hydrogen-bond donors (Lipinski definition) is 2. The van der Waals surface area contributed by atoms with Crippen molar-refractivity contribution in [2.45, 2.75) is 19.4 Å². The first-order valence-electron chi connectivity index (χ1n) is 7.26. The lowest BCUT2D eigenvalue weighted by Crippen LogP contribution is -2.33. The van der Waals surface area contributed by atoms with Crippen molar-refractivity contribution in [3.05, 3.63) is 36.5 Å². The largest absolute Gasteiger partial charge is 0.393 e. The van der Waals surface area contributed by atoms with Gasteiger partial charge in [-0.2, -0.15) is 5.10 Å². The standard InChI is InChI=1S/C16H22N4O2/c1-12(21)9-10-19(2)16(22)17-14-11-20(3)18-15(14)13-7-5-4-6-8-13/h4-8,11-12,21H,9-10H2,1-3H3,(H,17,22). The Bertz CT molecular complexity index is 622. The van der Waals surface area contributed by atoms with E-state index in [1.165, 1.54) is 0 Å². The maximum atomic E-state index is 12.2. The van der Waals surface area contributed by atoms with Gasteiger partial charge in [-0.1, -0.05) is 30.3 Å². The number of hydrogen-bond acceptors (Lipinski definition) is 3. The Balaban J connectivity index is 2.11. The van der Waals surface area contributed by atoms with Gasteiger partial charge in [0.15, 0.2) is 0 Å². The first-order chi connectivity index (χ1) is 10.5. The molecular weight excluding hydrogens is 280 g/mol. The number of aliphatic hydroxyl groups excluding tert-OH is 1. The van der Waals surface area contributed by atoms with Crippen LogP contribution in [0.25, 0.3) is 11.3 Å². The number of amides is 2. The minimum absolute atomic E-state index is 0.217. The summed E-state index contributed by atoms with van der Waals surface area (Å²) in [7, 11) is 3.52. The predicted octanol–water partition coefficient (Wildman–Crippen LogP) is 2.32. The van der Waals surface area contributed by atoms with E-state index >= 15 is 0 Å². The summed E-state index contributed by atoms with van der Waals surface area (Å²) in [5.74, 6) is 0. The Morgan fingerprint density at radius 2 is 2.09 bits per heavy atom. The van der Waals surface area contributed by atoms with Gasteiger partial charge in [0.05, 0.1) is 11.8 Å². The van der Waals surface area contributed by atoms with Crippen molar-refractivity contribution in [2.24, 2.45) is 7.05 Å². The van der Waals surface area contributed by atoms with E-state index in [1.54, 1.807) is 29.7 Å². The molecule has 0 aliphatic rings. The summed E-state index contributed by atoms with van der Waals surface area (Å²) in [6, 6.07) is 9.50. The van der Waals surface area contributed by atoms with Crippen molar-refractivity contribution in [2.75, 3.05) is 18.9 Å². The van der Waals surface area contributed by atoms with Crippen molar-refractivity contribution in [1.29, 1.82) is 0 Å². The number of carbonyl (C=O) groups is 1. The van der Waals surface area contributed by atoms with Crippen LogP contribution in [0, 0.1) is 0 Å². The van der Waals surface area contributed by atoms with Crippen molar-refractivity contribution < 1.29 is 9.90 Å². The van der Waals surface area contributed by atoms with Gasteiger partial charge in [-0.3, -0.25) is 4.68 Å². The molecule has 2 aromatic rings. The molecule has 0 fully saturated rings. The highest BCUT2D eigenvalue weighted by Gasteiger charge is 2.15. The molecule has 2 N–H and O–H groups in total. The topological polar surface area (TPSA) is 70.4 Å². The average molecular weight is 302 g/mol. The van der Waals surface area contributed by atoms with E-state index in [0.717, 1.165) is 11.3 Å². The van der Waals surface area contributed by atoms with Crippen LogP contribution in [0.4, 0.5) is 10.5 Å². The fraction of sp³-hybridized carbons (Fsp3) is 0.375. The molecule has 0 radical (unpaired) electrons. The van der Waals surface area contributed by atoms with Crippen LogP contribution in [0.15, 0.2) is 36.5 Å². The molecule has 1 atom stereocenters. The minimum atomic E-state index is -0.423. The minimum Gasteiger partial charge on any atom is -0.393 e. The molecule has 0 aliphatic heterocycles. The molecule has 0 saturated carbocycles. The molecule has 1 heterocycles. The Labute approximate surface area is 130 Å². The van der Waals surface area contributed by atoms with Crippen LogP contribution in [-0.2, 0) is 7.05 Å². The summed E-state index contributed by atoms with van der Waals surface area (Å²) in [5.41, 5.74) is 2.35. The van der Waals surface area contributed by atoms with E-state index < -0.39 is 6.10 Å². The van der Waals surface area contributed by atoms with Crippen molar-refractivity contribution in [3.8, 4) is 11.3 Å². The number of nitrogens with one attached hydrogen (secondary N) is 1. The fourth-order valence-corrected chi connectivity index (χ4v) is 2.08. The average Bonchev–Trinajstić information content (AvgIpc) is 2.86. The molecule has 1 unspecified atom stereocenters. The molecule has 22 heavy (non-hydrogen) atoms. The van der Waals surface area contributed by atoms with E-state index in [4.69, 9.17) is 0 Å². The van der Waals surface area contributed by atoms with Gasteiger partial charge in [-0.25, -0.2) is 4.79 Å². The molecule has 0 aliphatic carbocycles. The number of aliphatic hydroxyl groups is 1. The zero-order valence-electron chi connectivity index (χ0n) is 13.2. The maximum absolute atomic E-state index is 12.2. The van der Waals surface area contributed by atoms with Crippen molar-refractivity contribution in [1.82, 2.24) is 14.7 Å². The predicted molar refractivity (Wildman–Crippen MR) is 86.6 cm³/mol. The molecule has 0 bridgehead atoms. The number of carbonyl (C=O) groups excluding carboxylic acids is 1. The Hall–Kier alpha value is -2.34. The molecule has 6 nitrogen and oxygen atoms in total. The summed E-state index contributed by atoms with van der Waals surface area (Å²) >= 11 is 0. The number of anilines is 1. The summed E-state index contributed by atoms with van der Waals surface area (Å²) < 4.78 is 1.67. The molecule has 2 rings (SSSR count). The lowest BCUT2D eigenvalue weighted by Gasteiger charge is -2.18. The van der Waals surface area contributed by atoms with E-state index in [2.05, 4.69) is 10.4 Å². The van der Waals surface area contributed by atoms with Crippen LogP contribution in [0.3, 0.4) is 0 Å². The highest BCUT2D eigenvalue weighted by atomic mass is 16.3. The lowest BCUT2D eigenvalue weighted by molar-refractivity contribution is 0.167. The van der Waals surface area contributed by atoms with Gasteiger partial charge in [0.25, 0.3) is 0 Å². The highest BCUT2D eigenvalue weighted by molar-refractivity contribution is 5.93. The number of nitrogens with zero attached hydrogens (tertiary/aromatic N) is 3. The molecule has 1 aromatic carbocycles. The third kappa shape index (κ3) is 4.08. The van der Waals surface area contributed by atoms with Gasteiger partial charge >= 0.3 is 6.03 Å². The third-order valence-electron chi connectivity index (χ3n) is 3.35. The number of aromatic nitrogens is 2. The SMILES string of the molecule is CC(O)CCN(C)C(=O)Nc1cn(C)nc1-c1ccccc1. The zero-order valence-corrected chi connectivity index (χ0v) is 13.2. The van der Waals surface area contributed by atoms with E-state index in [1.807, 2.05) is 37.4 Å². The molecule has 118 valence electrons. The monoisotopic (exact) mass is 302 g/mol.